The Kier molecular flexibility index (Phi) is 6.20. The topological polar surface area (TPSA) is 39.3 Å². The maximum absolute atomic E-state index is 15.2. The lowest BCUT2D eigenvalue weighted by atomic mass is 10.1. The molecular formula is C47H30N3OP. The summed E-state index contributed by atoms with van der Waals surface area (Å²) in [7, 11) is -3.12. The first-order valence-electron chi connectivity index (χ1n) is 17.6. The van der Waals surface area contributed by atoms with Crippen molar-refractivity contribution in [3.63, 3.8) is 0 Å². The summed E-state index contributed by atoms with van der Waals surface area (Å²) in [6.45, 7) is 0. The molecule has 3 heterocycles. The van der Waals surface area contributed by atoms with Crippen LogP contribution in [0.3, 0.4) is 0 Å². The molecule has 0 amide bonds. The monoisotopic (exact) mass is 683 g/mol. The van der Waals surface area contributed by atoms with Gasteiger partial charge in [-0.1, -0.05) is 140 Å². The van der Waals surface area contributed by atoms with E-state index in [0.29, 0.717) is 0 Å². The number of para-hydroxylation sites is 1. The number of fused-ring (bicyclic) bond motifs is 13. The lowest BCUT2D eigenvalue weighted by Gasteiger charge is -2.20. The number of hydrogen-bond donors (Lipinski definition) is 0. The molecule has 11 rings (SSSR count). The molecule has 0 aliphatic rings. The van der Waals surface area contributed by atoms with Crippen LogP contribution in [0.4, 0.5) is 0 Å². The predicted octanol–water partition coefficient (Wildman–Crippen LogP) is 10.7. The predicted molar refractivity (Wildman–Crippen MR) is 219 cm³/mol. The third-order valence-corrected chi connectivity index (χ3v) is 13.8. The zero-order valence-corrected chi connectivity index (χ0v) is 28.9. The molecule has 0 aliphatic carbocycles. The Balaban J connectivity index is 1.22. The van der Waals surface area contributed by atoms with Gasteiger partial charge in [0.25, 0.3) is 0 Å². The number of nitrogens with zero attached hydrogens (tertiary/aromatic N) is 3. The molecule has 0 unspecified atom stereocenters. The van der Waals surface area contributed by atoms with Gasteiger partial charge in [-0.05, 0) is 53.2 Å². The molecule has 5 heteroatoms. The van der Waals surface area contributed by atoms with E-state index >= 15 is 4.57 Å². The Labute approximate surface area is 299 Å². The molecule has 0 fully saturated rings. The molecule has 0 spiro atoms. The van der Waals surface area contributed by atoms with Gasteiger partial charge in [0.1, 0.15) is 5.65 Å². The van der Waals surface area contributed by atoms with Crippen LogP contribution in [0.1, 0.15) is 0 Å². The van der Waals surface area contributed by atoms with E-state index < -0.39 is 7.14 Å². The van der Waals surface area contributed by atoms with Crippen LogP contribution in [0.5, 0.6) is 0 Å². The summed E-state index contributed by atoms with van der Waals surface area (Å²) in [6.07, 6.45) is 0. The fourth-order valence-electron chi connectivity index (χ4n) is 8.38. The summed E-state index contributed by atoms with van der Waals surface area (Å²) >= 11 is 0. The fraction of sp³-hybridized carbons (Fsp3) is 0. The van der Waals surface area contributed by atoms with Crippen molar-refractivity contribution in [2.45, 2.75) is 0 Å². The van der Waals surface area contributed by atoms with Gasteiger partial charge in [-0.15, -0.1) is 0 Å². The molecule has 0 bridgehead atoms. The number of aromatic nitrogens is 3. The number of benzene rings is 8. The van der Waals surface area contributed by atoms with Gasteiger partial charge in [-0.25, -0.2) is 4.98 Å². The van der Waals surface area contributed by atoms with Crippen molar-refractivity contribution in [3.8, 4) is 5.69 Å². The van der Waals surface area contributed by atoms with Crippen LogP contribution < -0.4 is 15.9 Å². The van der Waals surface area contributed by atoms with E-state index in [1.807, 2.05) is 60.7 Å². The molecule has 0 atom stereocenters. The zero-order chi connectivity index (χ0) is 34.4. The Morgan fingerprint density at radius 1 is 0.423 bits per heavy atom. The average Bonchev–Trinajstić information content (AvgIpc) is 3.76. The molecule has 0 N–H and O–H groups in total. The van der Waals surface area contributed by atoms with Crippen molar-refractivity contribution in [3.05, 3.63) is 182 Å². The summed E-state index contributed by atoms with van der Waals surface area (Å²) in [5, 5.41) is 10.7. The Morgan fingerprint density at radius 2 is 1.02 bits per heavy atom. The highest BCUT2D eigenvalue weighted by molar-refractivity contribution is 7.85. The van der Waals surface area contributed by atoms with Crippen LogP contribution >= 0.6 is 7.14 Å². The van der Waals surface area contributed by atoms with Crippen molar-refractivity contribution in [1.29, 1.82) is 0 Å². The van der Waals surface area contributed by atoms with Gasteiger partial charge in [0.05, 0.1) is 27.6 Å². The number of rotatable bonds is 4. The zero-order valence-electron chi connectivity index (χ0n) is 28.0. The highest BCUT2D eigenvalue weighted by Gasteiger charge is 2.30. The van der Waals surface area contributed by atoms with Crippen molar-refractivity contribution >= 4 is 94.0 Å². The number of hydrogen-bond acceptors (Lipinski definition) is 2. The number of imidazole rings is 1. The molecule has 0 saturated carbocycles. The van der Waals surface area contributed by atoms with E-state index in [0.717, 1.165) is 65.6 Å². The molecule has 0 saturated heterocycles. The third-order valence-electron chi connectivity index (χ3n) is 10.7. The molecular weight excluding hydrogens is 654 g/mol. The first-order valence-corrected chi connectivity index (χ1v) is 19.3. The van der Waals surface area contributed by atoms with Crippen LogP contribution in [-0.4, -0.2) is 14.0 Å². The van der Waals surface area contributed by atoms with Crippen LogP contribution in [-0.2, 0) is 4.57 Å². The lowest BCUT2D eigenvalue weighted by Crippen LogP contribution is -2.24. The van der Waals surface area contributed by atoms with Crippen LogP contribution in [0.25, 0.3) is 76.6 Å². The molecule has 11 aromatic rings. The molecule has 0 aliphatic heterocycles. The van der Waals surface area contributed by atoms with Crippen LogP contribution in [0.15, 0.2) is 182 Å². The second-order valence-corrected chi connectivity index (χ2v) is 16.3. The maximum atomic E-state index is 15.2. The maximum Gasteiger partial charge on any atom is 0.171 e. The van der Waals surface area contributed by atoms with E-state index in [2.05, 4.69) is 130 Å². The van der Waals surface area contributed by atoms with Crippen molar-refractivity contribution in [1.82, 2.24) is 14.0 Å². The minimum atomic E-state index is -3.12. The Hall–Kier alpha value is -6.48. The molecule has 8 aromatic carbocycles. The van der Waals surface area contributed by atoms with Gasteiger partial charge >= 0.3 is 0 Å². The van der Waals surface area contributed by atoms with Gasteiger partial charge in [-0.2, -0.15) is 0 Å². The summed E-state index contributed by atoms with van der Waals surface area (Å²) < 4.78 is 19.9. The fourth-order valence-corrected chi connectivity index (χ4v) is 11.0. The minimum absolute atomic E-state index is 0.807. The normalized spacial score (nSPS) is 12.3. The van der Waals surface area contributed by atoms with E-state index in [-0.39, 0.29) is 0 Å². The largest absolute Gasteiger partial charge is 0.309 e. The molecule has 0 radical (unpaired) electrons. The summed E-state index contributed by atoms with van der Waals surface area (Å²) in [4.78, 5) is 5.31. The first kappa shape index (κ1) is 29.3. The van der Waals surface area contributed by atoms with Crippen molar-refractivity contribution in [2.24, 2.45) is 0 Å². The summed E-state index contributed by atoms with van der Waals surface area (Å²) in [5.74, 6) is 0. The van der Waals surface area contributed by atoms with E-state index in [9.17, 15) is 0 Å². The highest BCUT2D eigenvalue weighted by atomic mass is 31.2. The highest BCUT2D eigenvalue weighted by Crippen LogP contribution is 2.44. The van der Waals surface area contributed by atoms with Crippen molar-refractivity contribution < 1.29 is 4.57 Å². The minimum Gasteiger partial charge on any atom is -0.309 e. The van der Waals surface area contributed by atoms with Gasteiger partial charge in [0.15, 0.2) is 7.14 Å². The van der Waals surface area contributed by atoms with E-state index in [1.54, 1.807) is 0 Å². The van der Waals surface area contributed by atoms with Crippen LogP contribution in [0.2, 0.25) is 0 Å². The molecule has 244 valence electrons. The SMILES string of the molecule is O=P(c1ccccc1)(c1ccccc1)c1ccc(-n2c3cc4c(cc3c3ccc5ccccc5c32)nc2c3ccccc3c3ccccc3n42)cc1. The summed E-state index contributed by atoms with van der Waals surface area (Å²) in [5.41, 5.74) is 7.37. The van der Waals surface area contributed by atoms with Gasteiger partial charge in [0.2, 0.25) is 0 Å². The molecule has 3 aromatic heterocycles. The van der Waals surface area contributed by atoms with Crippen LogP contribution in [0, 0.1) is 0 Å². The first-order chi connectivity index (χ1) is 25.7. The standard InChI is InChI=1S/C47H30N3OP/c51-52(33-14-3-1-4-15-33,34-16-5-2-6-17-34)35-26-24-32(25-27-35)49-44-30-45-42(29-41(44)39-28-23-31-13-7-8-18-36(31)46(39)49)48-47-40-21-10-9-19-37(40)38-20-11-12-22-43(38)50(45)47/h1-30H. The Bertz CT molecular complexity index is 3210. The quantitative estimate of drug-likeness (QED) is 0.137. The van der Waals surface area contributed by atoms with Gasteiger partial charge in [-0.3, -0.25) is 4.40 Å². The molecule has 52 heavy (non-hydrogen) atoms. The second-order valence-electron chi connectivity index (χ2n) is 13.5. The smallest absolute Gasteiger partial charge is 0.171 e. The van der Waals surface area contributed by atoms with E-state index in [4.69, 9.17) is 4.98 Å². The lowest BCUT2D eigenvalue weighted by molar-refractivity contribution is 0.592. The van der Waals surface area contributed by atoms with Crippen molar-refractivity contribution in [2.75, 3.05) is 0 Å². The molecule has 4 nitrogen and oxygen atoms in total. The average molecular weight is 684 g/mol. The summed E-state index contributed by atoms with van der Waals surface area (Å²) in [6, 6.07) is 62.9. The third kappa shape index (κ3) is 4.04. The Morgan fingerprint density at radius 3 is 1.75 bits per heavy atom. The number of pyridine rings is 1. The van der Waals surface area contributed by atoms with E-state index in [1.165, 1.54) is 26.9 Å². The van der Waals surface area contributed by atoms with Gasteiger partial charge < -0.3 is 9.13 Å². The van der Waals surface area contributed by atoms with Gasteiger partial charge in [0, 0.05) is 48.5 Å². The second kappa shape index (κ2) is 11.0.